The normalized spacial score (nSPS) is 18.4. The second kappa shape index (κ2) is 14.7. The maximum Gasteiger partial charge on any atom is 0.224 e. The number of anilines is 1. The molecule has 1 aliphatic carbocycles. The number of halogens is 1. The minimum atomic E-state index is 0. The van der Waals surface area contributed by atoms with Gasteiger partial charge >= 0.3 is 0 Å². The van der Waals surface area contributed by atoms with E-state index in [1.807, 2.05) is 11.0 Å². The summed E-state index contributed by atoms with van der Waals surface area (Å²) in [4.78, 5) is 21.8. The van der Waals surface area contributed by atoms with E-state index in [4.69, 9.17) is 4.99 Å². The van der Waals surface area contributed by atoms with E-state index in [-0.39, 0.29) is 41.9 Å². The average Bonchev–Trinajstić information content (AvgIpc) is 2.84. The maximum atomic E-state index is 12.7. The molecule has 2 fully saturated rings. The van der Waals surface area contributed by atoms with E-state index in [2.05, 4.69) is 46.7 Å². The van der Waals surface area contributed by atoms with Gasteiger partial charge in [-0.3, -0.25) is 9.79 Å². The quantitative estimate of drug-likeness (QED) is 0.241. The van der Waals surface area contributed by atoms with Crippen LogP contribution in [-0.2, 0) is 4.79 Å². The van der Waals surface area contributed by atoms with Gasteiger partial charge < -0.3 is 25.5 Å². The highest BCUT2D eigenvalue weighted by Gasteiger charge is 2.31. The Labute approximate surface area is 216 Å². The zero-order valence-corrected chi connectivity index (χ0v) is 22.4. The van der Waals surface area contributed by atoms with Crippen LogP contribution in [0.5, 0.6) is 0 Å². The number of guanidine groups is 1. The van der Waals surface area contributed by atoms with Crippen molar-refractivity contribution in [3.05, 3.63) is 30.3 Å². The molecule has 1 heterocycles. The fraction of sp³-hybridized carbons (Fsp3) is 0.680. The molecule has 8 heteroatoms. The van der Waals surface area contributed by atoms with Gasteiger partial charge in [0.2, 0.25) is 5.91 Å². The van der Waals surface area contributed by atoms with Gasteiger partial charge in [-0.15, -0.1) is 24.0 Å². The monoisotopic (exact) mass is 571 g/mol. The minimum Gasteiger partial charge on any atom is -0.396 e. The van der Waals surface area contributed by atoms with E-state index >= 15 is 0 Å². The van der Waals surface area contributed by atoms with Crippen molar-refractivity contribution in [1.82, 2.24) is 15.5 Å². The van der Waals surface area contributed by atoms with Crippen molar-refractivity contribution in [1.29, 1.82) is 0 Å². The number of rotatable bonds is 9. The number of hydrogen-bond donors (Lipinski definition) is 3. The van der Waals surface area contributed by atoms with Crippen molar-refractivity contribution in [2.75, 3.05) is 57.3 Å². The summed E-state index contributed by atoms with van der Waals surface area (Å²) < 4.78 is 0. The second-order valence-electron chi connectivity index (χ2n) is 9.11. The first-order valence-corrected chi connectivity index (χ1v) is 12.4. The number of carbonyl (C=O) groups excluding carboxylic acids is 1. The number of amides is 1. The predicted molar refractivity (Wildman–Crippen MR) is 146 cm³/mol. The van der Waals surface area contributed by atoms with E-state index in [0.29, 0.717) is 13.0 Å². The summed E-state index contributed by atoms with van der Waals surface area (Å²) in [5.74, 6) is 0.974. The molecule has 1 aliphatic heterocycles. The Morgan fingerprint density at radius 3 is 2.39 bits per heavy atom. The van der Waals surface area contributed by atoms with Crippen LogP contribution in [0.4, 0.5) is 5.69 Å². The molecule has 3 N–H and O–H groups in total. The predicted octanol–water partition coefficient (Wildman–Crippen LogP) is 3.23. The highest BCUT2D eigenvalue weighted by Crippen LogP contribution is 2.39. The zero-order valence-electron chi connectivity index (χ0n) is 20.1. The van der Waals surface area contributed by atoms with Crippen LogP contribution >= 0.6 is 24.0 Å². The molecular weight excluding hydrogens is 529 g/mol. The van der Waals surface area contributed by atoms with Crippen LogP contribution in [0, 0.1) is 5.41 Å². The number of nitrogens with one attached hydrogen (secondary N) is 2. The summed E-state index contributed by atoms with van der Waals surface area (Å²) in [5, 5.41) is 16.2. The summed E-state index contributed by atoms with van der Waals surface area (Å²) in [6, 6.07) is 10.4. The summed E-state index contributed by atoms with van der Waals surface area (Å²) in [6.07, 6.45) is 7.32. The molecule has 186 valence electrons. The standard InChI is InChI=1S/C25H41N5O2.HI/c1-2-26-24(28-21-25(14-20-31)12-7-4-8-13-25)27-15-11-23(32)30-18-16-29(17-19-30)22-9-5-3-6-10-22;/h3,5-6,9-10,31H,2,4,7-8,11-21H2,1H3,(H2,26,27,28);1H. The molecule has 0 aromatic heterocycles. The summed E-state index contributed by atoms with van der Waals surface area (Å²) in [7, 11) is 0. The summed E-state index contributed by atoms with van der Waals surface area (Å²) >= 11 is 0. The number of para-hydroxylation sites is 1. The van der Waals surface area contributed by atoms with Crippen LogP contribution in [0.2, 0.25) is 0 Å². The molecule has 0 radical (unpaired) electrons. The number of benzene rings is 1. The molecule has 2 aliphatic rings. The Morgan fingerprint density at radius 1 is 1.06 bits per heavy atom. The third kappa shape index (κ3) is 8.63. The molecule has 7 nitrogen and oxygen atoms in total. The van der Waals surface area contributed by atoms with E-state index in [1.165, 1.54) is 24.9 Å². The van der Waals surface area contributed by atoms with Crippen molar-refractivity contribution in [2.45, 2.75) is 51.9 Å². The van der Waals surface area contributed by atoms with Crippen molar-refractivity contribution in [3.63, 3.8) is 0 Å². The summed E-state index contributed by atoms with van der Waals surface area (Å²) in [6.45, 7) is 7.67. The molecule has 1 saturated carbocycles. The van der Waals surface area contributed by atoms with Crippen LogP contribution in [0.25, 0.3) is 0 Å². The molecule has 3 rings (SSSR count). The topological polar surface area (TPSA) is 80.2 Å². The number of nitrogens with zero attached hydrogens (tertiary/aromatic N) is 3. The van der Waals surface area contributed by atoms with E-state index in [9.17, 15) is 9.90 Å². The fourth-order valence-corrected chi connectivity index (χ4v) is 4.91. The molecule has 1 amide bonds. The van der Waals surface area contributed by atoms with Gasteiger partial charge in [0.15, 0.2) is 5.96 Å². The molecule has 1 aromatic rings. The highest BCUT2D eigenvalue weighted by atomic mass is 127. The lowest BCUT2D eigenvalue weighted by Gasteiger charge is -2.36. The number of aliphatic imine (C=N–C) groups is 1. The Hall–Kier alpha value is -1.55. The van der Waals surface area contributed by atoms with E-state index in [0.717, 1.165) is 64.5 Å². The van der Waals surface area contributed by atoms with Crippen molar-refractivity contribution in [2.24, 2.45) is 10.4 Å². The van der Waals surface area contributed by atoms with Gasteiger partial charge in [-0.05, 0) is 43.7 Å². The molecule has 33 heavy (non-hydrogen) atoms. The van der Waals surface area contributed by atoms with Gasteiger partial charge in [0.05, 0.1) is 0 Å². The highest BCUT2D eigenvalue weighted by molar-refractivity contribution is 14.0. The number of aliphatic hydroxyl groups is 1. The minimum absolute atomic E-state index is 0. The Bertz CT molecular complexity index is 711. The number of carbonyl (C=O) groups is 1. The molecule has 1 saturated heterocycles. The van der Waals surface area contributed by atoms with Gasteiger partial charge in [0.1, 0.15) is 0 Å². The number of hydrogen-bond acceptors (Lipinski definition) is 4. The number of piperazine rings is 1. The molecule has 0 atom stereocenters. The first kappa shape index (κ1) is 27.7. The number of aliphatic hydroxyl groups excluding tert-OH is 1. The maximum absolute atomic E-state index is 12.7. The Balaban J connectivity index is 0.00000385. The van der Waals surface area contributed by atoms with Crippen LogP contribution in [0.1, 0.15) is 51.9 Å². The Morgan fingerprint density at radius 2 is 1.76 bits per heavy atom. The molecule has 0 spiro atoms. The van der Waals surface area contributed by atoms with Gasteiger partial charge in [0, 0.05) is 64.5 Å². The van der Waals surface area contributed by atoms with E-state index in [1.54, 1.807) is 0 Å². The van der Waals surface area contributed by atoms with E-state index < -0.39 is 0 Å². The van der Waals surface area contributed by atoms with Crippen LogP contribution in [-0.4, -0.2) is 74.3 Å². The van der Waals surface area contributed by atoms with Gasteiger partial charge in [0.25, 0.3) is 0 Å². The first-order valence-electron chi connectivity index (χ1n) is 12.4. The van der Waals surface area contributed by atoms with Crippen LogP contribution in [0.3, 0.4) is 0 Å². The second-order valence-corrected chi connectivity index (χ2v) is 9.11. The fourth-order valence-electron chi connectivity index (χ4n) is 4.91. The molecular formula is C25H42IN5O2. The SMILES string of the molecule is CCNC(=NCC1(CCO)CCCCC1)NCCC(=O)N1CCN(c2ccccc2)CC1.I. The molecule has 0 unspecified atom stereocenters. The average molecular weight is 572 g/mol. The first-order chi connectivity index (χ1) is 15.7. The van der Waals surface area contributed by atoms with Crippen LogP contribution in [0.15, 0.2) is 35.3 Å². The van der Waals surface area contributed by atoms with Gasteiger partial charge in [-0.25, -0.2) is 0 Å². The van der Waals surface area contributed by atoms with Crippen molar-refractivity contribution >= 4 is 41.5 Å². The molecule has 0 bridgehead atoms. The lowest BCUT2D eigenvalue weighted by atomic mass is 9.72. The summed E-state index contributed by atoms with van der Waals surface area (Å²) in [5.41, 5.74) is 1.36. The van der Waals surface area contributed by atoms with Gasteiger partial charge in [-0.1, -0.05) is 37.5 Å². The molecule has 1 aromatic carbocycles. The Kier molecular flexibility index (Phi) is 12.3. The third-order valence-corrected chi connectivity index (χ3v) is 6.86. The zero-order chi connectivity index (χ0) is 22.7. The third-order valence-electron chi connectivity index (χ3n) is 6.86. The van der Waals surface area contributed by atoms with Crippen LogP contribution < -0.4 is 15.5 Å². The van der Waals surface area contributed by atoms with Crippen molar-refractivity contribution < 1.29 is 9.90 Å². The largest absolute Gasteiger partial charge is 0.396 e. The van der Waals surface area contributed by atoms with Gasteiger partial charge in [-0.2, -0.15) is 0 Å². The lowest BCUT2D eigenvalue weighted by Crippen LogP contribution is -2.49. The van der Waals surface area contributed by atoms with Crippen molar-refractivity contribution in [3.8, 4) is 0 Å². The lowest BCUT2D eigenvalue weighted by molar-refractivity contribution is -0.131. The smallest absolute Gasteiger partial charge is 0.224 e.